The molecule has 6 nitrogen and oxygen atoms in total. The fraction of sp³-hybridized carbons (Fsp3) is 0.389. The molecule has 0 radical (unpaired) electrons. The number of nitrogens with zero attached hydrogens (tertiary/aromatic N) is 3. The maximum Gasteiger partial charge on any atom is 0.274 e. The van der Waals surface area contributed by atoms with Crippen molar-refractivity contribution in [2.24, 2.45) is 0 Å². The Morgan fingerprint density at radius 3 is 2.72 bits per heavy atom. The van der Waals surface area contributed by atoms with Crippen LogP contribution in [0.15, 0.2) is 41.2 Å². The standard InChI is InChI=1S/C18H20FN3O3/c1-12(23)11-15-3-2-10-21(15)18(25)16-8-9-17(24)22(20-16)14-6-4-13(19)5-7-14/h4-9,12,15,23H,2-3,10-11H2,1H3. The summed E-state index contributed by atoms with van der Waals surface area (Å²) in [7, 11) is 0. The predicted molar refractivity (Wildman–Crippen MR) is 90.1 cm³/mol. The van der Waals surface area contributed by atoms with Crippen LogP contribution in [0.25, 0.3) is 5.69 Å². The molecule has 2 unspecified atom stereocenters. The first-order valence-corrected chi connectivity index (χ1v) is 8.31. The Balaban J connectivity index is 1.90. The van der Waals surface area contributed by atoms with Crippen molar-refractivity contribution in [3.05, 3.63) is 58.3 Å². The summed E-state index contributed by atoms with van der Waals surface area (Å²) in [5.74, 6) is -0.680. The molecule has 1 amide bonds. The molecule has 132 valence electrons. The highest BCUT2D eigenvalue weighted by molar-refractivity contribution is 5.92. The van der Waals surface area contributed by atoms with Gasteiger partial charge in [-0.25, -0.2) is 4.39 Å². The van der Waals surface area contributed by atoms with Gasteiger partial charge in [0.15, 0.2) is 0 Å². The molecule has 0 saturated carbocycles. The van der Waals surface area contributed by atoms with E-state index in [2.05, 4.69) is 5.10 Å². The number of carbonyl (C=O) groups is 1. The van der Waals surface area contributed by atoms with Gasteiger partial charge in [0.1, 0.15) is 11.5 Å². The van der Waals surface area contributed by atoms with Gasteiger partial charge in [0.05, 0.1) is 11.8 Å². The van der Waals surface area contributed by atoms with E-state index in [0.717, 1.165) is 17.5 Å². The van der Waals surface area contributed by atoms with Crippen LogP contribution in [-0.4, -0.2) is 44.4 Å². The highest BCUT2D eigenvalue weighted by Crippen LogP contribution is 2.23. The molecule has 0 bridgehead atoms. The smallest absolute Gasteiger partial charge is 0.274 e. The number of aromatic nitrogens is 2. The zero-order valence-corrected chi connectivity index (χ0v) is 13.9. The number of aliphatic hydroxyl groups is 1. The third-order valence-corrected chi connectivity index (χ3v) is 4.34. The Bertz CT molecular complexity index is 817. The van der Waals surface area contributed by atoms with Crippen molar-refractivity contribution in [2.45, 2.75) is 38.3 Å². The van der Waals surface area contributed by atoms with Crippen molar-refractivity contribution >= 4 is 5.91 Å². The van der Waals surface area contributed by atoms with Gasteiger partial charge in [0.2, 0.25) is 0 Å². The molecule has 1 aromatic heterocycles. The molecule has 2 aromatic rings. The Hall–Kier alpha value is -2.54. The molecule has 1 aliphatic heterocycles. The van der Waals surface area contributed by atoms with Gasteiger partial charge in [-0.3, -0.25) is 9.59 Å². The molecule has 3 rings (SSSR count). The normalized spacial score (nSPS) is 18.4. The minimum atomic E-state index is -0.487. The summed E-state index contributed by atoms with van der Waals surface area (Å²) in [6.07, 6.45) is 1.75. The minimum Gasteiger partial charge on any atom is -0.393 e. The highest BCUT2D eigenvalue weighted by atomic mass is 19.1. The maximum atomic E-state index is 13.1. The van der Waals surface area contributed by atoms with Crippen LogP contribution in [0.3, 0.4) is 0 Å². The van der Waals surface area contributed by atoms with Gasteiger partial charge in [0, 0.05) is 18.7 Å². The summed E-state index contributed by atoms with van der Waals surface area (Å²) in [4.78, 5) is 26.6. The molecular weight excluding hydrogens is 325 g/mol. The number of rotatable bonds is 4. The topological polar surface area (TPSA) is 75.4 Å². The first-order chi connectivity index (χ1) is 12.0. The summed E-state index contributed by atoms with van der Waals surface area (Å²) < 4.78 is 14.2. The van der Waals surface area contributed by atoms with Crippen molar-refractivity contribution < 1.29 is 14.3 Å². The van der Waals surface area contributed by atoms with E-state index in [1.54, 1.807) is 11.8 Å². The number of likely N-dealkylation sites (tertiary alicyclic amines) is 1. The van der Waals surface area contributed by atoms with E-state index in [4.69, 9.17) is 0 Å². The number of aliphatic hydroxyl groups excluding tert-OH is 1. The Morgan fingerprint density at radius 1 is 1.32 bits per heavy atom. The summed E-state index contributed by atoms with van der Waals surface area (Å²) in [5.41, 5.74) is 0.148. The SMILES string of the molecule is CC(O)CC1CCCN1C(=O)c1ccc(=O)n(-c2ccc(F)cc2)n1. The van der Waals surface area contributed by atoms with E-state index >= 15 is 0 Å². The predicted octanol–water partition coefficient (Wildman–Crippen LogP) is 1.75. The summed E-state index contributed by atoms with van der Waals surface area (Å²) in [6, 6.07) is 7.99. The van der Waals surface area contributed by atoms with Crippen LogP contribution in [0.5, 0.6) is 0 Å². The summed E-state index contributed by atoms with van der Waals surface area (Å²) in [5, 5.41) is 13.8. The number of carbonyl (C=O) groups excluding carboxylic acids is 1. The zero-order chi connectivity index (χ0) is 18.0. The van der Waals surface area contributed by atoms with Crippen LogP contribution < -0.4 is 5.56 Å². The highest BCUT2D eigenvalue weighted by Gasteiger charge is 2.31. The first kappa shape index (κ1) is 17.3. The lowest BCUT2D eigenvalue weighted by molar-refractivity contribution is 0.0674. The summed E-state index contributed by atoms with van der Waals surface area (Å²) in [6.45, 7) is 2.31. The van der Waals surface area contributed by atoms with Crippen molar-refractivity contribution in [2.75, 3.05) is 6.54 Å². The second kappa shape index (κ2) is 7.14. The van der Waals surface area contributed by atoms with Gasteiger partial charge >= 0.3 is 0 Å². The van der Waals surface area contributed by atoms with Crippen LogP contribution in [0.4, 0.5) is 4.39 Å². The Kier molecular flexibility index (Phi) is 4.94. The molecule has 2 heterocycles. The molecule has 7 heteroatoms. The van der Waals surface area contributed by atoms with E-state index in [0.29, 0.717) is 18.7 Å². The maximum absolute atomic E-state index is 13.1. The average Bonchev–Trinajstić information content (AvgIpc) is 3.03. The lowest BCUT2D eigenvalue weighted by atomic mass is 10.1. The number of amides is 1. The first-order valence-electron chi connectivity index (χ1n) is 8.31. The van der Waals surface area contributed by atoms with Crippen LogP contribution in [0, 0.1) is 5.82 Å². The van der Waals surface area contributed by atoms with Crippen molar-refractivity contribution in [1.29, 1.82) is 0 Å². The quantitative estimate of drug-likeness (QED) is 0.916. The van der Waals surface area contributed by atoms with E-state index in [9.17, 15) is 19.1 Å². The lowest BCUT2D eigenvalue weighted by Crippen LogP contribution is -2.38. The summed E-state index contributed by atoms with van der Waals surface area (Å²) >= 11 is 0. The third-order valence-electron chi connectivity index (χ3n) is 4.34. The van der Waals surface area contributed by atoms with Crippen molar-refractivity contribution in [3.8, 4) is 5.69 Å². The molecule has 25 heavy (non-hydrogen) atoms. The Morgan fingerprint density at radius 2 is 2.04 bits per heavy atom. The van der Waals surface area contributed by atoms with Crippen LogP contribution in [-0.2, 0) is 0 Å². The Labute approximate surface area is 144 Å². The van der Waals surface area contributed by atoms with E-state index in [1.165, 1.54) is 36.4 Å². The molecule has 1 N–H and O–H groups in total. The van der Waals surface area contributed by atoms with Crippen molar-refractivity contribution in [1.82, 2.24) is 14.7 Å². The van der Waals surface area contributed by atoms with Crippen molar-refractivity contribution in [3.63, 3.8) is 0 Å². The number of hydrogen-bond acceptors (Lipinski definition) is 4. The molecule has 1 aromatic carbocycles. The monoisotopic (exact) mass is 345 g/mol. The molecule has 1 fully saturated rings. The van der Waals surface area contributed by atoms with E-state index in [-0.39, 0.29) is 17.6 Å². The molecule has 1 aliphatic rings. The number of hydrogen-bond donors (Lipinski definition) is 1. The second-order valence-corrected chi connectivity index (χ2v) is 6.32. The van der Waals surface area contributed by atoms with Gasteiger partial charge in [-0.05, 0) is 56.5 Å². The third kappa shape index (κ3) is 3.76. The largest absolute Gasteiger partial charge is 0.393 e. The number of benzene rings is 1. The van der Waals surface area contributed by atoms with Gasteiger partial charge in [-0.2, -0.15) is 9.78 Å². The molecule has 1 saturated heterocycles. The second-order valence-electron chi connectivity index (χ2n) is 6.32. The fourth-order valence-electron chi connectivity index (χ4n) is 3.18. The van der Waals surface area contributed by atoms with Gasteiger partial charge < -0.3 is 10.0 Å². The van der Waals surface area contributed by atoms with Crippen LogP contribution >= 0.6 is 0 Å². The molecule has 0 spiro atoms. The minimum absolute atomic E-state index is 0.0273. The van der Waals surface area contributed by atoms with Crippen LogP contribution in [0.2, 0.25) is 0 Å². The molecule has 0 aliphatic carbocycles. The zero-order valence-electron chi connectivity index (χ0n) is 13.9. The molecule has 2 atom stereocenters. The number of halogens is 1. The van der Waals surface area contributed by atoms with Gasteiger partial charge in [-0.1, -0.05) is 0 Å². The van der Waals surface area contributed by atoms with Crippen LogP contribution in [0.1, 0.15) is 36.7 Å². The average molecular weight is 345 g/mol. The lowest BCUT2D eigenvalue weighted by Gasteiger charge is -2.25. The van der Waals surface area contributed by atoms with E-state index in [1.807, 2.05) is 0 Å². The van der Waals surface area contributed by atoms with Gasteiger partial charge in [0.25, 0.3) is 11.5 Å². The van der Waals surface area contributed by atoms with Gasteiger partial charge in [-0.15, -0.1) is 0 Å². The fourth-order valence-corrected chi connectivity index (χ4v) is 3.18. The van der Waals surface area contributed by atoms with E-state index < -0.39 is 17.5 Å². The molecular formula is C18H20FN3O3.